The van der Waals surface area contributed by atoms with Crippen LogP contribution in [-0.2, 0) is 10.2 Å². The third-order valence-electron chi connectivity index (χ3n) is 6.32. The molecule has 0 atom stereocenters. The van der Waals surface area contributed by atoms with Crippen molar-refractivity contribution < 1.29 is 4.79 Å². The molecule has 26 heavy (non-hydrogen) atoms. The number of hydrogen-bond donors (Lipinski definition) is 2. The van der Waals surface area contributed by atoms with E-state index in [1.807, 2.05) is 13.1 Å². The first-order chi connectivity index (χ1) is 12.5. The van der Waals surface area contributed by atoms with Gasteiger partial charge in [-0.25, -0.2) is 0 Å². The summed E-state index contributed by atoms with van der Waals surface area (Å²) < 4.78 is 0. The van der Waals surface area contributed by atoms with Gasteiger partial charge in [-0.05, 0) is 64.3 Å². The second-order valence-corrected chi connectivity index (χ2v) is 8.21. The Morgan fingerprint density at radius 2 is 1.85 bits per heavy atom. The van der Waals surface area contributed by atoms with E-state index in [0.29, 0.717) is 0 Å². The minimum absolute atomic E-state index is 0.0893. The molecule has 0 radical (unpaired) electrons. The van der Waals surface area contributed by atoms with E-state index in [2.05, 4.69) is 39.6 Å². The number of nitrogens with one attached hydrogen (secondary N) is 2. The van der Waals surface area contributed by atoms with Gasteiger partial charge in [0.2, 0.25) is 0 Å². The van der Waals surface area contributed by atoms with Gasteiger partial charge in [-0.1, -0.05) is 6.07 Å². The first kappa shape index (κ1) is 17.6. The van der Waals surface area contributed by atoms with E-state index < -0.39 is 5.54 Å². The molecule has 1 aromatic rings. The van der Waals surface area contributed by atoms with Crippen LogP contribution in [0, 0.1) is 6.92 Å². The molecule has 0 aliphatic carbocycles. The lowest BCUT2D eigenvalue weighted by atomic mass is 9.74. The van der Waals surface area contributed by atoms with Gasteiger partial charge in [0.05, 0.1) is 0 Å². The molecule has 3 aliphatic heterocycles. The summed E-state index contributed by atoms with van der Waals surface area (Å²) in [5, 5.41) is 6.38. The lowest BCUT2D eigenvalue weighted by Crippen LogP contribution is -2.54. The van der Waals surface area contributed by atoms with Crippen molar-refractivity contribution in [2.24, 2.45) is 4.99 Å². The zero-order valence-electron chi connectivity index (χ0n) is 15.8. The van der Waals surface area contributed by atoms with Crippen LogP contribution in [0.15, 0.2) is 23.3 Å². The van der Waals surface area contributed by atoms with Crippen LogP contribution < -0.4 is 10.6 Å². The SMILES string of the molecule is CC1=NC2(CCN(CC3(c4ccc(C)cn4)CCNCC3)CC2)C(=O)N1. The molecule has 2 N–H and O–H groups in total. The molecule has 2 fully saturated rings. The summed E-state index contributed by atoms with van der Waals surface area (Å²) in [7, 11) is 0. The number of pyridine rings is 1. The summed E-state index contributed by atoms with van der Waals surface area (Å²) >= 11 is 0. The fourth-order valence-corrected chi connectivity index (χ4v) is 4.71. The van der Waals surface area contributed by atoms with Gasteiger partial charge in [0.25, 0.3) is 5.91 Å². The lowest BCUT2D eigenvalue weighted by molar-refractivity contribution is -0.125. The maximum absolute atomic E-state index is 12.3. The highest BCUT2D eigenvalue weighted by atomic mass is 16.2. The smallest absolute Gasteiger partial charge is 0.253 e. The van der Waals surface area contributed by atoms with Crippen molar-refractivity contribution in [2.45, 2.75) is 50.5 Å². The van der Waals surface area contributed by atoms with Crippen LogP contribution in [0.5, 0.6) is 0 Å². The molecule has 0 bridgehead atoms. The van der Waals surface area contributed by atoms with Crippen LogP contribution in [0.1, 0.15) is 43.9 Å². The van der Waals surface area contributed by atoms with E-state index >= 15 is 0 Å². The number of aliphatic imine (C=N–C) groups is 1. The average molecular weight is 355 g/mol. The third-order valence-corrected chi connectivity index (χ3v) is 6.32. The van der Waals surface area contributed by atoms with Gasteiger partial charge >= 0.3 is 0 Å². The Labute approximate surface area is 155 Å². The number of aromatic nitrogens is 1. The Balaban J connectivity index is 1.49. The van der Waals surface area contributed by atoms with E-state index in [4.69, 9.17) is 4.98 Å². The maximum atomic E-state index is 12.3. The fraction of sp³-hybridized carbons (Fsp3) is 0.650. The Morgan fingerprint density at radius 3 is 2.42 bits per heavy atom. The van der Waals surface area contributed by atoms with Crippen molar-refractivity contribution in [2.75, 3.05) is 32.7 Å². The highest BCUT2D eigenvalue weighted by Crippen LogP contribution is 2.36. The third kappa shape index (κ3) is 3.16. The number of likely N-dealkylation sites (tertiary alicyclic amines) is 1. The number of amidine groups is 1. The summed E-state index contributed by atoms with van der Waals surface area (Å²) in [5.74, 6) is 0.855. The molecule has 3 aliphatic rings. The van der Waals surface area contributed by atoms with Gasteiger partial charge in [-0.2, -0.15) is 0 Å². The molecular weight excluding hydrogens is 326 g/mol. The number of carbonyl (C=O) groups is 1. The van der Waals surface area contributed by atoms with Crippen LogP contribution in [0.25, 0.3) is 0 Å². The van der Waals surface area contributed by atoms with Gasteiger partial charge in [-0.15, -0.1) is 0 Å². The molecule has 1 spiro atoms. The van der Waals surface area contributed by atoms with E-state index in [1.165, 1.54) is 11.3 Å². The Bertz CT molecular complexity index is 697. The van der Waals surface area contributed by atoms with Crippen LogP contribution >= 0.6 is 0 Å². The number of rotatable bonds is 3. The number of aryl methyl sites for hydroxylation is 1. The molecule has 2 saturated heterocycles. The topological polar surface area (TPSA) is 69.6 Å². The molecule has 4 rings (SSSR count). The molecule has 6 heteroatoms. The second-order valence-electron chi connectivity index (χ2n) is 8.21. The van der Waals surface area contributed by atoms with Crippen LogP contribution in [0.3, 0.4) is 0 Å². The zero-order chi connectivity index (χ0) is 18.2. The molecule has 0 saturated carbocycles. The predicted molar refractivity (Wildman–Crippen MR) is 102 cm³/mol. The van der Waals surface area contributed by atoms with Crippen molar-refractivity contribution >= 4 is 11.7 Å². The lowest BCUT2D eigenvalue weighted by Gasteiger charge is -2.44. The van der Waals surface area contributed by atoms with Crippen molar-refractivity contribution in [3.63, 3.8) is 0 Å². The van der Waals surface area contributed by atoms with Crippen molar-refractivity contribution in [1.29, 1.82) is 0 Å². The molecule has 6 nitrogen and oxygen atoms in total. The van der Waals surface area contributed by atoms with Gasteiger partial charge in [0, 0.05) is 36.9 Å². The molecule has 1 aromatic heterocycles. The van der Waals surface area contributed by atoms with E-state index in [0.717, 1.165) is 64.2 Å². The summed E-state index contributed by atoms with van der Waals surface area (Å²) in [6.45, 7) is 8.91. The van der Waals surface area contributed by atoms with Crippen LogP contribution in [-0.4, -0.2) is 59.9 Å². The second kappa shape index (κ2) is 6.74. The average Bonchev–Trinajstić information content (AvgIpc) is 2.91. The fourth-order valence-electron chi connectivity index (χ4n) is 4.71. The molecule has 0 aromatic carbocycles. The number of piperidine rings is 2. The van der Waals surface area contributed by atoms with Gasteiger partial charge in [-0.3, -0.25) is 14.8 Å². The molecule has 1 amide bonds. The minimum Gasteiger partial charge on any atom is -0.317 e. The molecule has 140 valence electrons. The quantitative estimate of drug-likeness (QED) is 0.860. The summed E-state index contributed by atoms with van der Waals surface area (Å²) in [6, 6.07) is 4.39. The Hall–Kier alpha value is -1.79. The van der Waals surface area contributed by atoms with Gasteiger partial charge < -0.3 is 15.5 Å². The van der Waals surface area contributed by atoms with E-state index in [-0.39, 0.29) is 11.3 Å². The summed E-state index contributed by atoms with van der Waals surface area (Å²) in [5.41, 5.74) is 2.03. The van der Waals surface area contributed by atoms with Crippen molar-refractivity contribution in [3.05, 3.63) is 29.6 Å². The standard InChI is InChI=1S/C20H29N5O/c1-15-3-4-17(22-13-15)19(5-9-21-10-6-19)14-25-11-7-20(8-12-25)18(26)23-16(2)24-20/h3-4,13,21H,5-12,14H2,1-2H3,(H,23,24,26). The highest BCUT2D eigenvalue weighted by Gasteiger charge is 2.46. The summed E-state index contributed by atoms with van der Waals surface area (Å²) in [4.78, 5) is 24.3. The van der Waals surface area contributed by atoms with Crippen molar-refractivity contribution in [1.82, 2.24) is 20.5 Å². The first-order valence-electron chi connectivity index (χ1n) is 9.76. The zero-order valence-corrected chi connectivity index (χ0v) is 15.8. The Morgan fingerprint density at radius 1 is 1.12 bits per heavy atom. The number of hydrogen-bond acceptors (Lipinski definition) is 5. The van der Waals surface area contributed by atoms with Crippen LogP contribution in [0.4, 0.5) is 0 Å². The normalized spacial score (nSPS) is 25.2. The number of nitrogens with zero attached hydrogens (tertiary/aromatic N) is 3. The molecule has 0 unspecified atom stereocenters. The summed E-state index contributed by atoms with van der Waals surface area (Å²) in [6.07, 6.45) is 5.84. The highest BCUT2D eigenvalue weighted by molar-refractivity contribution is 6.07. The van der Waals surface area contributed by atoms with Crippen molar-refractivity contribution in [3.8, 4) is 0 Å². The monoisotopic (exact) mass is 355 g/mol. The predicted octanol–water partition coefficient (Wildman–Crippen LogP) is 1.39. The van der Waals surface area contributed by atoms with E-state index in [9.17, 15) is 4.79 Å². The van der Waals surface area contributed by atoms with Gasteiger partial charge in [0.1, 0.15) is 11.4 Å². The molecule has 4 heterocycles. The number of carbonyl (C=O) groups excluding carboxylic acids is 1. The minimum atomic E-state index is -0.510. The Kier molecular flexibility index (Phi) is 4.57. The van der Waals surface area contributed by atoms with Gasteiger partial charge in [0.15, 0.2) is 0 Å². The number of amides is 1. The molecular formula is C20H29N5O. The largest absolute Gasteiger partial charge is 0.317 e. The van der Waals surface area contributed by atoms with E-state index in [1.54, 1.807) is 0 Å². The first-order valence-corrected chi connectivity index (χ1v) is 9.76. The maximum Gasteiger partial charge on any atom is 0.253 e. The van der Waals surface area contributed by atoms with Crippen LogP contribution in [0.2, 0.25) is 0 Å².